The minimum Gasteiger partial charge on any atom is -0.508 e. The number of phenolic OH excluding ortho intramolecular Hbond substituents is 1. The number of phenols is 1. The van der Waals surface area contributed by atoms with E-state index in [0.717, 1.165) is 33.6 Å². The highest BCUT2D eigenvalue weighted by atomic mass is 16.3. The maximum absolute atomic E-state index is 13.1. The molecule has 0 aliphatic heterocycles. The number of benzene rings is 3. The molecule has 1 atom stereocenters. The highest BCUT2D eigenvalue weighted by Gasteiger charge is 2.20. The van der Waals surface area contributed by atoms with Crippen molar-refractivity contribution in [2.45, 2.75) is 45.2 Å². The summed E-state index contributed by atoms with van der Waals surface area (Å²) in [4.78, 5) is 30.1. The molecule has 0 fully saturated rings. The number of nitrogens with one attached hydrogen (secondary N) is 1. The number of aromatic nitrogens is 3. The topological polar surface area (TPSA) is 123 Å². The predicted octanol–water partition coefficient (Wildman–Crippen LogP) is 5.49. The third kappa shape index (κ3) is 7.23. The molecular weight excluding hydrogens is 538 g/mol. The van der Waals surface area contributed by atoms with E-state index in [0.29, 0.717) is 12.1 Å². The van der Waals surface area contributed by atoms with Gasteiger partial charge in [0.2, 0.25) is 5.91 Å². The zero-order valence-electron chi connectivity index (χ0n) is 24.5. The number of hydrogen-bond acceptors (Lipinski definition) is 6. The van der Waals surface area contributed by atoms with E-state index in [1.807, 2.05) is 28.9 Å². The van der Waals surface area contributed by atoms with Gasteiger partial charge in [0.05, 0.1) is 24.0 Å². The van der Waals surface area contributed by atoms with E-state index in [2.05, 4.69) is 55.3 Å². The fraction of sp³-hybridized carbons (Fsp3) is 0.200. The van der Waals surface area contributed by atoms with Crippen LogP contribution in [-0.4, -0.2) is 37.7 Å². The molecule has 0 aliphatic carbocycles. The first kappa shape index (κ1) is 29.4. The van der Waals surface area contributed by atoms with E-state index < -0.39 is 17.9 Å². The van der Waals surface area contributed by atoms with Gasteiger partial charge < -0.3 is 10.8 Å². The number of carbonyl (C=O) groups is 2. The molecule has 43 heavy (non-hydrogen) atoms. The molecule has 0 unspecified atom stereocenters. The molecule has 0 spiro atoms. The van der Waals surface area contributed by atoms with Crippen LogP contribution < -0.4 is 11.1 Å². The molecule has 0 aliphatic rings. The van der Waals surface area contributed by atoms with E-state index >= 15 is 0 Å². The van der Waals surface area contributed by atoms with Crippen molar-refractivity contribution in [1.82, 2.24) is 20.1 Å². The Morgan fingerprint density at radius 2 is 1.60 bits per heavy atom. The van der Waals surface area contributed by atoms with Crippen LogP contribution >= 0.6 is 0 Å². The molecule has 2 amide bonds. The normalized spacial score (nSPS) is 12.1. The third-order valence-corrected chi connectivity index (χ3v) is 7.28. The van der Waals surface area contributed by atoms with Crippen LogP contribution in [0.15, 0.2) is 103 Å². The SMILES string of the molecule is CC(C)(C)c1ccc(Cn2nc(-c3cccnc3)cc2-c2cccc(C(=O)NC(=O)[C@@H](N)Cc3ccc(O)cc3)c2)cc1. The third-order valence-electron chi connectivity index (χ3n) is 7.28. The highest BCUT2D eigenvalue weighted by Crippen LogP contribution is 2.28. The minimum atomic E-state index is -0.926. The molecule has 0 saturated heterocycles. The van der Waals surface area contributed by atoms with Gasteiger partial charge in [0.15, 0.2) is 0 Å². The lowest BCUT2D eigenvalue weighted by Crippen LogP contribution is -2.44. The second-order valence-corrected chi connectivity index (χ2v) is 11.6. The van der Waals surface area contributed by atoms with E-state index in [1.165, 1.54) is 17.7 Å². The van der Waals surface area contributed by atoms with Crippen LogP contribution in [0.3, 0.4) is 0 Å². The monoisotopic (exact) mass is 573 g/mol. The quantitative estimate of drug-likeness (QED) is 0.226. The summed E-state index contributed by atoms with van der Waals surface area (Å²) in [6.07, 6.45) is 3.72. The second-order valence-electron chi connectivity index (χ2n) is 11.6. The molecule has 4 N–H and O–H groups in total. The lowest BCUT2D eigenvalue weighted by molar-refractivity contribution is -0.121. The number of pyridine rings is 1. The Hall–Kier alpha value is -5.08. The van der Waals surface area contributed by atoms with Crippen LogP contribution in [0.1, 0.15) is 47.8 Å². The predicted molar refractivity (Wildman–Crippen MR) is 167 cm³/mol. The van der Waals surface area contributed by atoms with E-state index in [9.17, 15) is 14.7 Å². The van der Waals surface area contributed by atoms with Crippen LogP contribution in [0, 0.1) is 0 Å². The highest BCUT2D eigenvalue weighted by molar-refractivity contribution is 6.06. The lowest BCUT2D eigenvalue weighted by Gasteiger charge is -2.19. The maximum atomic E-state index is 13.1. The van der Waals surface area contributed by atoms with Crippen molar-refractivity contribution in [3.63, 3.8) is 0 Å². The van der Waals surface area contributed by atoms with Gasteiger partial charge in [0.1, 0.15) is 5.75 Å². The average Bonchev–Trinajstić information content (AvgIpc) is 3.42. The summed E-state index contributed by atoms with van der Waals surface area (Å²) in [5.74, 6) is -0.986. The molecule has 0 radical (unpaired) electrons. The average molecular weight is 574 g/mol. The summed E-state index contributed by atoms with van der Waals surface area (Å²) in [5, 5.41) is 16.8. The van der Waals surface area contributed by atoms with Gasteiger partial charge >= 0.3 is 0 Å². The molecule has 5 aromatic rings. The van der Waals surface area contributed by atoms with Crippen molar-refractivity contribution in [1.29, 1.82) is 0 Å². The van der Waals surface area contributed by atoms with Gasteiger partial charge in [-0.3, -0.25) is 24.6 Å². The van der Waals surface area contributed by atoms with E-state index in [1.54, 1.807) is 42.7 Å². The Kier molecular flexibility index (Phi) is 8.50. The molecule has 0 bridgehead atoms. The first-order chi connectivity index (χ1) is 20.6. The van der Waals surface area contributed by atoms with Gasteiger partial charge in [-0.05, 0) is 71.0 Å². The van der Waals surface area contributed by atoms with Gasteiger partial charge in [-0.1, -0.05) is 69.3 Å². The first-order valence-corrected chi connectivity index (χ1v) is 14.1. The number of aromatic hydroxyl groups is 1. The number of nitrogens with zero attached hydrogens (tertiary/aromatic N) is 3. The smallest absolute Gasteiger partial charge is 0.257 e. The molecule has 218 valence electrons. The Morgan fingerprint density at radius 3 is 2.28 bits per heavy atom. The standard InChI is InChI=1S/C35H35N5O3/c1-35(2,3)28-13-9-24(10-14-28)22-40-32(20-31(39-40)27-8-5-17-37-21-27)25-6-4-7-26(19-25)33(42)38-34(43)30(36)18-23-11-15-29(41)16-12-23/h4-17,19-21,30,41H,18,22,36H2,1-3H3,(H,38,42,43)/t30-/m0/s1. The van der Waals surface area contributed by atoms with Crippen LogP contribution in [0.4, 0.5) is 0 Å². The van der Waals surface area contributed by atoms with Crippen LogP contribution in [0.25, 0.3) is 22.5 Å². The number of rotatable bonds is 8. The van der Waals surface area contributed by atoms with Gasteiger partial charge in [-0.25, -0.2) is 0 Å². The van der Waals surface area contributed by atoms with Crippen LogP contribution in [0.5, 0.6) is 5.75 Å². The molecular formula is C35H35N5O3. The molecule has 8 heteroatoms. The zero-order chi connectivity index (χ0) is 30.6. The Labute approximate surface area is 251 Å². The zero-order valence-corrected chi connectivity index (χ0v) is 24.5. The summed E-state index contributed by atoms with van der Waals surface area (Å²) in [7, 11) is 0. The molecule has 3 aromatic carbocycles. The van der Waals surface area contributed by atoms with Gasteiger partial charge in [-0.15, -0.1) is 0 Å². The summed E-state index contributed by atoms with van der Waals surface area (Å²) < 4.78 is 1.92. The van der Waals surface area contributed by atoms with E-state index in [4.69, 9.17) is 10.8 Å². The molecule has 8 nitrogen and oxygen atoms in total. The van der Waals surface area contributed by atoms with Crippen molar-refractivity contribution in [2.24, 2.45) is 5.73 Å². The largest absolute Gasteiger partial charge is 0.508 e. The van der Waals surface area contributed by atoms with Gasteiger partial charge in [-0.2, -0.15) is 5.10 Å². The molecule has 5 rings (SSSR count). The van der Waals surface area contributed by atoms with Gasteiger partial charge in [0.25, 0.3) is 5.91 Å². The Balaban J connectivity index is 1.39. The summed E-state index contributed by atoms with van der Waals surface area (Å²) >= 11 is 0. The maximum Gasteiger partial charge on any atom is 0.257 e. The minimum absolute atomic E-state index is 0.0563. The molecule has 2 aromatic heterocycles. The lowest BCUT2D eigenvalue weighted by atomic mass is 9.87. The Bertz CT molecular complexity index is 1720. The summed E-state index contributed by atoms with van der Waals surface area (Å²) in [6, 6.07) is 27.0. The van der Waals surface area contributed by atoms with Crippen molar-refractivity contribution >= 4 is 11.8 Å². The van der Waals surface area contributed by atoms with Crippen molar-refractivity contribution in [3.8, 4) is 28.3 Å². The molecule has 0 saturated carbocycles. The van der Waals surface area contributed by atoms with Crippen molar-refractivity contribution in [3.05, 3.63) is 126 Å². The number of amides is 2. The fourth-order valence-electron chi connectivity index (χ4n) is 4.78. The van der Waals surface area contributed by atoms with Crippen molar-refractivity contribution in [2.75, 3.05) is 0 Å². The number of imide groups is 1. The Morgan fingerprint density at radius 1 is 0.907 bits per heavy atom. The second kappa shape index (κ2) is 12.4. The number of nitrogens with two attached hydrogens (primary N) is 1. The van der Waals surface area contributed by atoms with Crippen LogP contribution in [-0.2, 0) is 23.2 Å². The summed E-state index contributed by atoms with van der Waals surface area (Å²) in [5.41, 5.74) is 12.8. The van der Waals surface area contributed by atoms with Gasteiger partial charge in [0, 0.05) is 29.1 Å². The van der Waals surface area contributed by atoms with Crippen LogP contribution in [0.2, 0.25) is 0 Å². The molecule has 2 heterocycles. The number of carbonyl (C=O) groups excluding carboxylic acids is 2. The van der Waals surface area contributed by atoms with Crippen molar-refractivity contribution < 1.29 is 14.7 Å². The first-order valence-electron chi connectivity index (χ1n) is 14.1. The van der Waals surface area contributed by atoms with E-state index in [-0.39, 0.29) is 17.6 Å². The summed E-state index contributed by atoms with van der Waals surface area (Å²) in [6.45, 7) is 7.09. The fourth-order valence-corrected chi connectivity index (χ4v) is 4.78. The number of hydrogen-bond donors (Lipinski definition) is 3.